The number of hydrogen-bond acceptors (Lipinski definition) is 4. The Bertz CT molecular complexity index is 1020. The fourth-order valence-corrected chi connectivity index (χ4v) is 2.99. The van der Waals surface area contributed by atoms with E-state index in [0.717, 1.165) is 32.7 Å². The van der Waals surface area contributed by atoms with E-state index in [0.29, 0.717) is 0 Å². The van der Waals surface area contributed by atoms with E-state index in [-0.39, 0.29) is 0 Å². The highest BCUT2D eigenvalue weighted by Crippen LogP contribution is 2.25. The molecule has 6 heteroatoms. The van der Waals surface area contributed by atoms with Crippen molar-refractivity contribution in [3.63, 3.8) is 0 Å². The number of nitrogens with one attached hydrogen (secondary N) is 1. The predicted molar refractivity (Wildman–Crippen MR) is 98.8 cm³/mol. The molecule has 2 aromatic heterocycles. The Morgan fingerprint density at radius 1 is 1.04 bits per heavy atom. The van der Waals surface area contributed by atoms with Gasteiger partial charge in [-0.05, 0) is 42.8 Å². The van der Waals surface area contributed by atoms with Gasteiger partial charge in [0, 0.05) is 10.2 Å². The molecule has 0 saturated carbocycles. The first kappa shape index (κ1) is 14.8. The van der Waals surface area contributed by atoms with Crippen molar-refractivity contribution in [2.24, 2.45) is 0 Å². The van der Waals surface area contributed by atoms with E-state index in [9.17, 15) is 0 Å². The highest BCUT2D eigenvalue weighted by Gasteiger charge is 2.11. The Morgan fingerprint density at radius 2 is 1.92 bits per heavy atom. The molecule has 0 amide bonds. The molecule has 0 saturated heterocycles. The van der Waals surface area contributed by atoms with Crippen molar-refractivity contribution in [3.8, 4) is 5.69 Å². The van der Waals surface area contributed by atoms with Gasteiger partial charge in [-0.15, -0.1) is 0 Å². The van der Waals surface area contributed by atoms with Gasteiger partial charge in [0.25, 0.3) is 0 Å². The zero-order valence-electron chi connectivity index (χ0n) is 12.9. The molecule has 4 aromatic rings. The van der Waals surface area contributed by atoms with E-state index in [4.69, 9.17) is 0 Å². The number of aryl methyl sites for hydroxylation is 1. The van der Waals surface area contributed by atoms with Crippen LogP contribution in [0.1, 0.15) is 5.56 Å². The largest absolute Gasteiger partial charge is 0.340 e. The summed E-state index contributed by atoms with van der Waals surface area (Å²) in [4.78, 5) is 8.77. The fraction of sp³-hybridized carbons (Fsp3) is 0.0556. The lowest BCUT2D eigenvalue weighted by molar-refractivity contribution is 0.894. The van der Waals surface area contributed by atoms with Crippen LogP contribution in [-0.2, 0) is 0 Å². The number of fused-ring (bicyclic) bond motifs is 1. The summed E-state index contributed by atoms with van der Waals surface area (Å²) >= 11 is 3.49. The number of aromatic nitrogens is 4. The van der Waals surface area contributed by atoms with Gasteiger partial charge in [0.15, 0.2) is 5.65 Å². The van der Waals surface area contributed by atoms with Crippen LogP contribution in [0.2, 0.25) is 0 Å². The number of benzene rings is 2. The van der Waals surface area contributed by atoms with Gasteiger partial charge >= 0.3 is 0 Å². The summed E-state index contributed by atoms with van der Waals surface area (Å²) in [7, 11) is 0. The molecule has 1 N–H and O–H groups in total. The van der Waals surface area contributed by atoms with Gasteiger partial charge in [-0.2, -0.15) is 5.10 Å². The molecule has 0 radical (unpaired) electrons. The molecule has 0 spiro atoms. The molecule has 4 rings (SSSR count). The highest BCUT2D eigenvalue weighted by atomic mass is 79.9. The van der Waals surface area contributed by atoms with E-state index in [1.54, 1.807) is 12.5 Å². The molecule has 2 heterocycles. The minimum atomic E-state index is 0.742. The van der Waals surface area contributed by atoms with Gasteiger partial charge < -0.3 is 5.32 Å². The van der Waals surface area contributed by atoms with Gasteiger partial charge in [-0.1, -0.05) is 34.1 Å². The van der Waals surface area contributed by atoms with E-state index in [1.165, 1.54) is 5.56 Å². The van der Waals surface area contributed by atoms with Crippen molar-refractivity contribution in [3.05, 3.63) is 71.1 Å². The number of anilines is 2. The van der Waals surface area contributed by atoms with Gasteiger partial charge in [0.05, 0.1) is 17.3 Å². The third kappa shape index (κ3) is 2.76. The van der Waals surface area contributed by atoms with E-state index in [2.05, 4.69) is 55.4 Å². The maximum atomic E-state index is 4.48. The quantitative estimate of drug-likeness (QED) is 0.563. The third-order valence-electron chi connectivity index (χ3n) is 3.70. The SMILES string of the molecule is Cc1cccc(Nc2ncnc3c2cnn3-c2cccc(Br)c2)c1. The van der Waals surface area contributed by atoms with Crippen molar-refractivity contribution < 1.29 is 0 Å². The Labute approximate surface area is 147 Å². The second kappa shape index (κ2) is 6.05. The number of hydrogen-bond donors (Lipinski definition) is 1. The maximum Gasteiger partial charge on any atom is 0.168 e. The van der Waals surface area contributed by atoms with Crippen LogP contribution in [0.3, 0.4) is 0 Å². The molecule has 0 aliphatic rings. The van der Waals surface area contributed by atoms with Crippen LogP contribution in [0.15, 0.2) is 65.5 Å². The van der Waals surface area contributed by atoms with Gasteiger partial charge in [0.2, 0.25) is 0 Å². The average molecular weight is 380 g/mol. The minimum Gasteiger partial charge on any atom is -0.340 e. The first-order chi connectivity index (χ1) is 11.7. The van der Waals surface area contributed by atoms with Crippen LogP contribution >= 0.6 is 15.9 Å². The molecule has 0 aliphatic carbocycles. The molecule has 0 unspecified atom stereocenters. The standard InChI is InChI=1S/C18H14BrN5/c1-12-4-2-6-14(8-12)23-17-16-10-22-24(18(16)21-11-20-17)15-7-3-5-13(19)9-15/h2-11H,1H3,(H,20,21,23). The third-order valence-corrected chi connectivity index (χ3v) is 4.19. The lowest BCUT2D eigenvalue weighted by atomic mass is 10.2. The Balaban J connectivity index is 1.79. The first-order valence-electron chi connectivity index (χ1n) is 7.49. The van der Waals surface area contributed by atoms with Crippen molar-refractivity contribution >= 4 is 38.5 Å². The summed E-state index contributed by atoms with van der Waals surface area (Å²) in [5.41, 5.74) is 3.89. The van der Waals surface area contributed by atoms with Gasteiger partial charge in [0.1, 0.15) is 12.1 Å². The summed E-state index contributed by atoms with van der Waals surface area (Å²) in [6.45, 7) is 2.06. The smallest absolute Gasteiger partial charge is 0.168 e. The molecule has 0 bridgehead atoms. The van der Waals surface area contributed by atoms with Crippen LogP contribution < -0.4 is 5.32 Å². The lowest BCUT2D eigenvalue weighted by Crippen LogP contribution is -1.99. The lowest BCUT2D eigenvalue weighted by Gasteiger charge is -2.07. The number of nitrogens with zero attached hydrogens (tertiary/aromatic N) is 4. The Morgan fingerprint density at radius 3 is 2.75 bits per heavy atom. The summed E-state index contributed by atoms with van der Waals surface area (Å²) in [5.74, 6) is 0.742. The fourth-order valence-electron chi connectivity index (χ4n) is 2.60. The van der Waals surface area contributed by atoms with Crippen LogP contribution in [-0.4, -0.2) is 19.7 Å². The van der Waals surface area contributed by atoms with Crippen LogP contribution in [0, 0.1) is 6.92 Å². The molecule has 118 valence electrons. The van der Waals surface area contributed by atoms with Crippen molar-refractivity contribution in [1.82, 2.24) is 19.7 Å². The Hall–Kier alpha value is -2.73. The molecule has 0 aliphatic heterocycles. The maximum absolute atomic E-state index is 4.48. The topological polar surface area (TPSA) is 55.6 Å². The predicted octanol–water partition coefficient (Wildman–Crippen LogP) is 4.63. The number of rotatable bonds is 3. The second-order valence-electron chi connectivity index (χ2n) is 5.49. The normalized spacial score (nSPS) is 10.9. The first-order valence-corrected chi connectivity index (χ1v) is 8.28. The van der Waals surface area contributed by atoms with Crippen molar-refractivity contribution in [2.45, 2.75) is 6.92 Å². The molecule has 0 fully saturated rings. The highest BCUT2D eigenvalue weighted by molar-refractivity contribution is 9.10. The molecule has 0 atom stereocenters. The van der Waals surface area contributed by atoms with Crippen LogP contribution in [0.4, 0.5) is 11.5 Å². The van der Waals surface area contributed by atoms with E-state index in [1.807, 2.05) is 41.1 Å². The molecule has 5 nitrogen and oxygen atoms in total. The summed E-state index contributed by atoms with van der Waals surface area (Å²) < 4.78 is 2.80. The van der Waals surface area contributed by atoms with Crippen molar-refractivity contribution in [2.75, 3.05) is 5.32 Å². The minimum absolute atomic E-state index is 0.742. The Kier molecular flexibility index (Phi) is 3.74. The zero-order valence-corrected chi connectivity index (χ0v) is 14.5. The monoisotopic (exact) mass is 379 g/mol. The van der Waals surface area contributed by atoms with Gasteiger partial charge in [-0.3, -0.25) is 0 Å². The molecular weight excluding hydrogens is 366 g/mol. The van der Waals surface area contributed by atoms with E-state index < -0.39 is 0 Å². The molecule has 2 aromatic carbocycles. The molecule has 24 heavy (non-hydrogen) atoms. The molecular formula is C18H14BrN5. The van der Waals surface area contributed by atoms with Crippen molar-refractivity contribution in [1.29, 1.82) is 0 Å². The number of halogens is 1. The summed E-state index contributed by atoms with van der Waals surface area (Å²) in [6.07, 6.45) is 3.34. The van der Waals surface area contributed by atoms with Crippen LogP contribution in [0.25, 0.3) is 16.7 Å². The summed E-state index contributed by atoms with van der Waals surface area (Å²) in [5, 5.41) is 8.70. The van der Waals surface area contributed by atoms with Crippen LogP contribution in [0.5, 0.6) is 0 Å². The second-order valence-corrected chi connectivity index (χ2v) is 6.41. The average Bonchev–Trinajstić information content (AvgIpc) is 3.00. The van der Waals surface area contributed by atoms with E-state index >= 15 is 0 Å². The summed E-state index contributed by atoms with van der Waals surface area (Å²) in [6, 6.07) is 16.1. The zero-order chi connectivity index (χ0) is 16.5. The van der Waals surface area contributed by atoms with Gasteiger partial charge in [-0.25, -0.2) is 14.6 Å².